The van der Waals surface area contributed by atoms with E-state index in [1.54, 1.807) is 0 Å². The van der Waals surface area contributed by atoms with Crippen LogP contribution in [0.1, 0.15) is 34.6 Å². The number of nitrogens with one attached hydrogen (secondary N) is 1. The van der Waals surface area contributed by atoms with Crippen molar-refractivity contribution in [3.63, 3.8) is 0 Å². The second-order valence-corrected chi connectivity index (χ2v) is 5.71. The molecule has 0 unspecified atom stereocenters. The first-order chi connectivity index (χ1) is 8.35. The molecule has 104 valence electrons. The van der Waals surface area contributed by atoms with Crippen LogP contribution in [0.25, 0.3) is 0 Å². The van der Waals surface area contributed by atoms with Crippen molar-refractivity contribution in [2.24, 2.45) is 0 Å². The Labute approximate surface area is 113 Å². The molecule has 3 N–H and O–H groups in total. The van der Waals surface area contributed by atoms with Gasteiger partial charge in [0.2, 0.25) is 0 Å². The van der Waals surface area contributed by atoms with Crippen molar-refractivity contribution in [2.45, 2.75) is 46.3 Å². The van der Waals surface area contributed by atoms with Gasteiger partial charge in [-0.15, -0.1) is 0 Å². The Kier molecular flexibility index (Phi) is 5.22. The van der Waals surface area contributed by atoms with Crippen molar-refractivity contribution in [2.75, 3.05) is 24.2 Å². The summed E-state index contributed by atoms with van der Waals surface area (Å²) in [6.45, 7) is 11.4. The molecule has 0 saturated heterocycles. The Bertz CT molecular complexity index is 377. The molecule has 0 bridgehead atoms. The van der Waals surface area contributed by atoms with Crippen LogP contribution in [0, 0.1) is 0 Å². The summed E-state index contributed by atoms with van der Waals surface area (Å²) in [6, 6.07) is 0. The maximum atomic E-state index is 5.79. The molecular formula is C12H23N3O2S. The highest BCUT2D eigenvalue weighted by Crippen LogP contribution is 2.36. The molecule has 0 atom stereocenters. The second kappa shape index (κ2) is 6.24. The number of anilines is 2. The second-order valence-electron chi connectivity index (χ2n) is 4.94. The Balaban J connectivity index is 2.67. The Morgan fingerprint density at radius 3 is 2.67 bits per heavy atom. The van der Waals surface area contributed by atoms with Crippen molar-refractivity contribution in [3.05, 3.63) is 0 Å². The summed E-state index contributed by atoms with van der Waals surface area (Å²) in [4.78, 5) is 0. The van der Waals surface area contributed by atoms with Crippen LogP contribution in [0.2, 0.25) is 0 Å². The quantitative estimate of drug-likeness (QED) is 0.799. The molecule has 0 radical (unpaired) electrons. The number of hydrogen-bond acceptors (Lipinski definition) is 6. The fourth-order valence-corrected chi connectivity index (χ4v) is 2.14. The molecule has 0 aliphatic rings. The zero-order valence-electron chi connectivity index (χ0n) is 11.7. The molecule has 18 heavy (non-hydrogen) atoms. The molecule has 0 aliphatic heterocycles. The predicted molar refractivity (Wildman–Crippen MR) is 76.5 cm³/mol. The lowest BCUT2D eigenvalue weighted by atomic mass is 10.1. The monoisotopic (exact) mass is 273 g/mol. The van der Waals surface area contributed by atoms with Crippen LogP contribution in [0.4, 0.5) is 10.8 Å². The van der Waals surface area contributed by atoms with Gasteiger partial charge in [0.15, 0.2) is 16.6 Å². The van der Waals surface area contributed by atoms with E-state index in [-0.39, 0.29) is 11.7 Å². The molecule has 6 heteroatoms. The summed E-state index contributed by atoms with van der Waals surface area (Å²) < 4.78 is 15.4. The highest BCUT2D eigenvalue weighted by atomic mass is 32.1. The van der Waals surface area contributed by atoms with Gasteiger partial charge in [-0.05, 0) is 46.2 Å². The van der Waals surface area contributed by atoms with Gasteiger partial charge in [0, 0.05) is 13.2 Å². The summed E-state index contributed by atoms with van der Waals surface area (Å²) >= 11 is 1.31. The zero-order chi connectivity index (χ0) is 13.8. The molecule has 0 aromatic carbocycles. The van der Waals surface area contributed by atoms with E-state index < -0.39 is 0 Å². The predicted octanol–water partition coefficient (Wildman–Crippen LogP) is 2.74. The van der Waals surface area contributed by atoms with E-state index in [4.69, 9.17) is 15.2 Å². The Morgan fingerprint density at radius 1 is 1.44 bits per heavy atom. The van der Waals surface area contributed by atoms with Crippen LogP contribution >= 0.6 is 11.5 Å². The summed E-state index contributed by atoms with van der Waals surface area (Å²) in [5.41, 5.74) is 5.56. The number of nitrogens with two attached hydrogens (primary N) is 1. The third kappa shape index (κ3) is 4.34. The molecule has 1 aromatic heterocycles. The lowest BCUT2D eigenvalue weighted by Crippen LogP contribution is -2.33. The molecule has 0 spiro atoms. The molecule has 0 amide bonds. The van der Waals surface area contributed by atoms with Crippen LogP contribution in [0.5, 0.6) is 5.75 Å². The SMILES string of the molecule is CCOC(C)(C)CNc1snc(N)c1OC(C)C. The largest absolute Gasteiger partial charge is 0.484 e. The molecule has 1 heterocycles. The van der Waals surface area contributed by atoms with E-state index >= 15 is 0 Å². The number of ether oxygens (including phenoxy) is 2. The molecule has 1 aromatic rings. The lowest BCUT2D eigenvalue weighted by molar-refractivity contribution is 0.000718. The summed E-state index contributed by atoms with van der Waals surface area (Å²) in [5, 5.41) is 4.15. The molecule has 1 rings (SSSR count). The number of hydrogen-bond donors (Lipinski definition) is 2. The van der Waals surface area contributed by atoms with Crippen molar-refractivity contribution in [1.82, 2.24) is 4.37 Å². The van der Waals surface area contributed by atoms with Gasteiger partial charge in [-0.1, -0.05) is 0 Å². The average molecular weight is 273 g/mol. The summed E-state index contributed by atoms with van der Waals surface area (Å²) in [6.07, 6.45) is 0.0733. The van der Waals surface area contributed by atoms with Crippen LogP contribution in [-0.4, -0.2) is 29.2 Å². The Hall–Kier alpha value is -1.01. The van der Waals surface area contributed by atoms with Gasteiger partial charge in [-0.3, -0.25) is 0 Å². The van der Waals surface area contributed by atoms with Crippen molar-refractivity contribution in [1.29, 1.82) is 0 Å². The maximum absolute atomic E-state index is 5.79. The summed E-state index contributed by atoms with van der Waals surface area (Å²) in [5.74, 6) is 1.08. The highest BCUT2D eigenvalue weighted by molar-refractivity contribution is 7.11. The van der Waals surface area contributed by atoms with E-state index in [9.17, 15) is 0 Å². The molecule has 0 aliphatic carbocycles. The number of aromatic nitrogens is 1. The minimum absolute atomic E-state index is 0.0733. The van der Waals surface area contributed by atoms with Crippen LogP contribution in [0.3, 0.4) is 0 Å². The minimum Gasteiger partial charge on any atom is -0.484 e. The van der Waals surface area contributed by atoms with Gasteiger partial charge in [0.05, 0.1) is 11.7 Å². The van der Waals surface area contributed by atoms with Gasteiger partial charge in [-0.2, -0.15) is 4.37 Å². The van der Waals surface area contributed by atoms with E-state index in [0.717, 1.165) is 5.00 Å². The lowest BCUT2D eigenvalue weighted by Gasteiger charge is -2.25. The third-order valence-electron chi connectivity index (χ3n) is 2.24. The first-order valence-corrected chi connectivity index (χ1v) is 6.92. The number of nitrogen functional groups attached to an aromatic ring is 1. The van der Waals surface area contributed by atoms with Gasteiger partial charge in [-0.25, -0.2) is 0 Å². The van der Waals surface area contributed by atoms with Gasteiger partial charge in [0.1, 0.15) is 0 Å². The number of rotatable bonds is 7. The maximum Gasteiger partial charge on any atom is 0.197 e. The topological polar surface area (TPSA) is 69.4 Å². The normalized spacial score (nSPS) is 11.9. The van der Waals surface area contributed by atoms with E-state index in [2.05, 4.69) is 9.69 Å². The van der Waals surface area contributed by atoms with Crippen LogP contribution in [0.15, 0.2) is 0 Å². The Morgan fingerprint density at radius 2 is 2.11 bits per heavy atom. The molecule has 0 fully saturated rings. The van der Waals surface area contributed by atoms with Crippen LogP contribution < -0.4 is 15.8 Å². The third-order valence-corrected chi connectivity index (χ3v) is 3.04. The number of nitrogens with zero attached hydrogens (tertiary/aromatic N) is 1. The molecule has 5 nitrogen and oxygen atoms in total. The molecule has 0 saturated carbocycles. The average Bonchev–Trinajstić information content (AvgIpc) is 2.57. The summed E-state index contributed by atoms with van der Waals surface area (Å²) in [7, 11) is 0. The van der Waals surface area contributed by atoms with Crippen molar-refractivity contribution < 1.29 is 9.47 Å². The first-order valence-electron chi connectivity index (χ1n) is 6.15. The minimum atomic E-state index is -0.234. The van der Waals surface area contributed by atoms with Gasteiger partial charge in [0.25, 0.3) is 0 Å². The smallest absolute Gasteiger partial charge is 0.197 e. The standard InChI is InChI=1S/C12H23N3O2S/c1-6-16-12(4,5)7-14-11-9(17-8(2)3)10(13)15-18-11/h8,14H,6-7H2,1-5H3,(H2,13,15). The van der Waals surface area contributed by atoms with E-state index in [1.165, 1.54) is 11.5 Å². The van der Waals surface area contributed by atoms with Crippen molar-refractivity contribution in [3.8, 4) is 5.75 Å². The fraction of sp³-hybridized carbons (Fsp3) is 0.750. The zero-order valence-corrected chi connectivity index (χ0v) is 12.6. The first kappa shape index (κ1) is 15.0. The fourth-order valence-electron chi connectivity index (χ4n) is 1.49. The van der Waals surface area contributed by atoms with Gasteiger partial charge >= 0.3 is 0 Å². The van der Waals surface area contributed by atoms with E-state index in [1.807, 2.05) is 34.6 Å². The van der Waals surface area contributed by atoms with Crippen LogP contribution in [-0.2, 0) is 4.74 Å². The molecular weight excluding hydrogens is 250 g/mol. The van der Waals surface area contributed by atoms with E-state index in [0.29, 0.717) is 24.7 Å². The highest BCUT2D eigenvalue weighted by Gasteiger charge is 2.20. The van der Waals surface area contributed by atoms with Gasteiger partial charge < -0.3 is 20.5 Å². The van der Waals surface area contributed by atoms with Crippen molar-refractivity contribution >= 4 is 22.4 Å².